The second kappa shape index (κ2) is 3.12. The van der Waals surface area contributed by atoms with Gasteiger partial charge in [-0.3, -0.25) is 4.79 Å². The van der Waals surface area contributed by atoms with Crippen molar-refractivity contribution in [2.45, 2.75) is 44.0 Å². The molecule has 1 saturated carbocycles. The maximum Gasteiger partial charge on any atom is 0.174 e. The number of aliphatic hydroxyl groups is 3. The fourth-order valence-corrected chi connectivity index (χ4v) is 1.57. The van der Waals surface area contributed by atoms with Gasteiger partial charge < -0.3 is 15.3 Å². The van der Waals surface area contributed by atoms with Crippen LogP contribution in [0.1, 0.15) is 26.2 Å². The molecule has 4 nitrogen and oxygen atoms in total. The number of Topliss-reactive ketones (excluding diaryl/α,β-unsaturated/α-hetero) is 1. The maximum atomic E-state index is 11.2. The number of aliphatic hydroxyl groups excluding tert-OH is 2. The van der Waals surface area contributed by atoms with Crippen LogP contribution in [-0.2, 0) is 4.79 Å². The summed E-state index contributed by atoms with van der Waals surface area (Å²) in [7, 11) is 0. The lowest BCUT2D eigenvalue weighted by atomic mass is 9.78. The lowest BCUT2D eigenvalue weighted by Gasteiger charge is -2.37. The fraction of sp³-hybridized carbons (Fsp3) is 0.875. The summed E-state index contributed by atoms with van der Waals surface area (Å²) >= 11 is 0. The van der Waals surface area contributed by atoms with Crippen LogP contribution >= 0.6 is 0 Å². The van der Waals surface area contributed by atoms with Crippen molar-refractivity contribution in [1.82, 2.24) is 0 Å². The molecule has 0 aliphatic heterocycles. The molecule has 70 valence electrons. The van der Waals surface area contributed by atoms with Crippen LogP contribution in [0.5, 0.6) is 0 Å². The second-order valence-corrected chi connectivity index (χ2v) is 3.33. The molecule has 0 aromatic rings. The molecular weight excluding hydrogens is 160 g/mol. The zero-order chi connectivity index (χ0) is 9.35. The first-order valence-electron chi connectivity index (χ1n) is 4.11. The summed E-state index contributed by atoms with van der Waals surface area (Å²) in [5.41, 5.74) is -1.93. The SMILES string of the molecule is C[C@H](O)[C@]1(O)C(=O)CCC[C@H]1O. The normalized spacial score (nSPS) is 39.7. The van der Waals surface area contributed by atoms with Gasteiger partial charge in [0.25, 0.3) is 0 Å². The Morgan fingerprint density at radius 2 is 2.25 bits per heavy atom. The van der Waals surface area contributed by atoms with E-state index in [2.05, 4.69) is 0 Å². The summed E-state index contributed by atoms with van der Waals surface area (Å²) in [6.07, 6.45) is -1.15. The Balaban J connectivity index is 2.88. The van der Waals surface area contributed by atoms with Gasteiger partial charge in [0.15, 0.2) is 11.4 Å². The van der Waals surface area contributed by atoms with Crippen LogP contribution in [0.2, 0.25) is 0 Å². The van der Waals surface area contributed by atoms with E-state index >= 15 is 0 Å². The van der Waals surface area contributed by atoms with Gasteiger partial charge in [-0.15, -0.1) is 0 Å². The number of rotatable bonds is 1. The fourth-order valence-electron chi connectivity index (χ4n) is 1.57. The van der Waals surface area contributed by atoms with Gasteiger partial charge >= 0.3 is 0 Å². The Kier molecular flexibility index (Phi) is 2.51. The third kappa shape index (κ3) is 1.26. The van der Waals surface area contributed by atoms with Crippen molar-refractivity contribution in [1.29, 1.82) is 0 Å². The number of hydrogen-bond acceptors (Lipinski definition) is 4. The molecule has 0 unspecified atom stereocenters. The van der Waals surface area contributed by atoms with Crippen molar-refractivity contribution in [3.05, 3.63) is 0 Å². The van der Waals surface area contributed by atoms with Gasteiger partial charge in [0.2, 0.25) is 0 Å². The Morgan fingerprint density at radius 1 is 1.67 bits per heavy atom. The van der Waals surface area contributed by atoms with Crippen LogP contribution in [0, 0.1) is 0 Å². The predicted molar refractivity (Wildman–Crippen MR) is 41.5 cm³/mol. The van der Waals surface area contributed by atoms with Crippen molar-refractivity contribution in [3.8, 4) is 0 Å². The van der Waals surface area contributed by atoms with E-state index in [1.807, 2.05) is 0 Å². The minimum atomic E-state index is -1.93. The first-order chi connectivity index (χ1) is 5.49. The molecule has 4 heteroatoms. The molecule has 1 rings (SSSR count). The van der Waals surface area contributed by atoms with Gasteiger partial charge in [0.05, 0.1) is 12.2 Å². The summed E-state index contributed by atoms with van der Waals surface area (Å²) in [6.45, 7) is 1.31. The van der Waals surface area contributed by atoms with E-state index in [0.29, 0.717) is 12.8 Å². The third-order valence-corrected chi connectivity index (χ3v) is 2.47. The van der Waals surface area contributed by atoms with Crippen LogP contribution in [0.4, 0.5) is 0 Å². The van der Waals surface area contributed by atoms with Gasteiger partial charge in [-0.25, -0.2) is 0 Å². The van der Waals surface area contributed by atoms with Crippen LogP contribution in [0.3, 0.4) is 0 Å². The average Bonchev–Trinajstić information content (AvgIpc) is 1.99. The molecule has 0 bridgehead atoms. The van der Waals surface area contributed by atoms with E-state index in [1.54, 1.807) is 0 Å². The highest BCUT2D eigenvalue weighted by Gasteiger charge is 2.48. The average molecular weight is 174 g/mol. The predicted octanol–water partition coefficient (Wildman–Crippen LogP) is -0.788. The topological polar surface area (TPSA) is 77.8 Å². The van der Waals surface area contributed by atoms with Crippen LogP contribution in [-0.4, -0.2) is 38.9 Å². The summed E-state index contributed by atoms with van der Waals surface area (Å²) in [5.74, 6) is -0.462. The quantitative estimate of drug-likeness (QED) is 0.487. The maximum absolute atomic E-state index is 11.2. The molecule has 1 aliphatic rings. The molecule has 3 atom stereocenters. The molecular formula is C8H14O4. The summed E-state index contributed by atoms with van der Waals surface area (Å²) in [5, 5.41) is 28.1. The molecule has 0 spiro atoms. The molecule has 12 heavy (non-hydrogen) atoms. The van der Waals surface area contributed by atoms with Crippen molar-refractivity contribution < 1.29 is 20.1 Å². The van der Waals surface area contributed by atoms with E-state index < -0.39 is 23.6 Å². The van der Waals surface area contributed by atoms with Gasteiger partial charge in [-0.05, 0) is 19.8 Å². The largest absolute Gasteiger partial charge is 0.390 e. The van der Waals surface area contributed by atoms with Gasteiger partial charge in [-0.2, -0.15) is 0 Å². The molecule has 0 saturated heterocycles. The second-order valence-electron chi connectivity index (χ2n) is 3.33. The molecule has 1 fully saturated rings. The zero-order valence-electron chi connectivity index (χ0n) is 7.03. The Bertz CT molecular complexity index is 189. The number of carbonyl (C=O) groups is 1. The van der Waals surface area contributed by atoms with Crippen LogP contribution < -0.4 is 0 Å². The highest BCUT2D eigenvalue weighted by molar-refractivity contribution is 5.89. The van der Waals surface area contributed by atoms with Crippen LogP contribution in [0.25, 0.3) is 0 Å². The third-order valence-electron chi connectivity index (χ3n) is 2.47. The highest BCUT2D eigenvalue weighted by Crippen LogP contribution is 2.28. The summed E-state index contributed by atoms with van der Waals surface area (Å²) < 4.78 is 0. The minimum Gasteiger partial charge on any atom is -0.390 e. The number of ketones is 1. The Morgan fingerprint density at radius 3 is 2.58 bits per heavy atom. The first kappa shape index (κ1) is 9.64. The summed E-state index contributed by atoms with van der Waals surface area (Å²) in [4.78, 5) is 11.2. The number of carbonyl (C=O) groups excluding carboxylic acids is 1. The molecule has 0 aromatic carbocycles. The van der Waals surface area contributed by atoms with Crippen molar-refractivity contribution in [2.75, 3.05) is 0 Å². The van der Waals surface area contributed by atoms with Gasteiger partial charge in [0, 0.05) is 6.42 Å². The lowest BCUT2D eigenvalue weighted by Crippen LogP contribution is -2.59. The highest BCUT2D eigenvalue weighted by atomic mass is 16.4. The van der Waals surface area contributed by atoms with E-state index in [9.17, 15) is 15.0 Å². The minimum absolute atomic E-state index is 0.235. The smallest absolute Gasteiger partial charge is 0.174 e. The van der Waals surface area contributed by atoms with E-state index in [0.717, 1.165) is 0 Å². The lowest BCUT2D eigenvalue weighted by molar-refractivity contribution is -0.176. The zero-order valence-corrected chi connectivity index (χ0v) is 7.03. The van der Waals surface area contributed by atoms with E-state index in [1.165, 1.54) is 6.92 Å². The molecule has 0 heterocycles. The van der Waals surface area contributed by atoms with Crippen LogP contribution in [0.15, 0.2) is 0 Å². The Hall–Kier alpha value is -0.450. The van der Waals surface area contributed by atoms with Crippen molar-refractivity contribution in [2.24, 2.45) is 0 Å². The standard InChI is InChI=1S/C8H14O4/c1-5(9)8(12)6(10)3-2-4-7(8)11/h5-6,9-10,12H,2-4H2,1H3/t5-,6+,8+/m0/s1. The monoisotopic (exact) mass is 174 g/mol. The molecule has 3 N–H and O–H groups in total. The Labute approximate surface area is 70.8 Å². The van der Waals surface area contributed by atoms with Gasteiger partial charge in [0.1, 0.15) is 0 Å². The molecule has 0 aromatic heterocycles. The molecule has 1 aliphatic carbocycles. The van der Waals surface area contributed by atoms with E-state index in [-0.39, 0.29) is 6.42 Å². The first-order valence-corrected chi connectivity index (χ1v) is 4.11. The van der Waals surface area contributed by atoms with Gasteiger partial charge in [-0.1, -0.05) is 0 Å². The van der Waals surface area contributed by atoms with E-state index in [4.69, 9.17) is 5.11 Å². The summed E-state index contributed by atoms with van der Waals surface area (Å²) in [6, 6.07) is 0. The van der Waals surface area contributed by atoms with Crippen molar-refractivity contribution in [3.63, 3.8) is 0 Å². The number of hydrogen-bond donors (Lipinski definition) is 3. The molecule has 0 radical (unpaired) electrons. The molecule has 0 amide bonds. The van der Waals surface area contributed by atoms with Crippen molar-refractivity contribution >= 4 is 5.78 Å².